The summed E-state index contributed by atoms with van der Waals surface area (Å²) >= 11 is 0. The van der Waals surface area contributed by atoms with Crippen LogP contribution < -0.4 is 5.46 Å². The van der Waals surface area contributed by atoms with Gasteiger partial charge in [0, 0.05) is 11.6 Å². The summed E-state index contributed by atoms with van der Waals surface area (Å²) in [5.41, 5.74) is -1.36. The lowest BCUT2D eigenvalue weighted by atomic mass is 9.80. The maximum atomic E-state index is 8.44. The van der Waals surface area contributed by atoms with Gasteiger partial charge in [-0.1, -0.05) is 24.2 Å². The summed E-state index contributed by atoms with van der Waals surface area (Å²) in [6.07, 6.45) is -0.291. The third-order valence-corrected chi connectivity index (χ3v) is 3.70. The average Bonchev–Trinajstić information content (AvgIpc) is 2.70. The Morgan fingerprint density at radius 3 is 2.42 bits per heavy atom. The predicted molar refractivity (Wildman–Crippen MR) is 77.5 cm³/mol. The molecule has 1 aliphatic heterocycles. The van der Waals surface area contributed by atoms with Crippen molar-refractivity contribution in [1.82, 2.24) is 4.98 Å². The molecule has 4 heteroatoms. The second-order valence-corrected chi connectivity index (χ2v) is 5.57. The minimum absolute atomic E-state index is 0.0355. The molecule has 0 radical (unpaired) electrons. The van der Waals surface area contributed by atoms with Crippen molar-refractivity contribution in [1.29, 1.82) is 0 Å². The molecule has 98 valence electrons. The number of fused-ring (bicyclic) bond motifs is 1. The quantitative estimate of drug-likeness (QED) is 0.739. The van der Waals surface area contributed by atoms with Gasteiger partial charge in [-0.15, -0.1) is 0 Å². The van der Waals surface area contributed by atoms with Crippen molar-refractivity contribution < 1.29 is 17.5 Å². The molecule has 1 aromatic carbocycles. The van der Waals surface area contributed by atoms with E-state index >= 15 is 0 Å². The maximum Gasteiger partial charge on any atom is 0.496 e. The van der Waals surface area contributed by atoms with E-state index in [2.05, 4.69) is 4.98 Å². The van der Waals surface area contributed by atoms with Crippen molar-refractivity contribution >= 4 is 23.5 Å². The maximum absolute atomic E-state index is 8.44. The van der Waals surface area contributed by atoms with E-state index in [0.29, 0.717) is 0 Å². The Morgan fingerprint density at radius 2 is 1.74 bits per heavy atom. The molecule has 3 nitrogen and oxygen atoms in total. The Morgan fingerprint density at radius 1 is 1.11 bits per heavy atom. The first-order valence-corrected chi connectivity index (χ1v) is 6.12. The molecule has 19 heavy (non-hydrogen) atoms. The second kappa shape index (κ2) is 4.05. The van der Waals surface area contributed by atoms with Gasteiger partial charge >= 0.3 is 7.12 Å². The standard InChI is InChI=1S/C15H18BNO2/c1-14(2)15(3,4)19-16(18-14)12-9-11-7-5-6-8-13(11)17-10-12/h5-10H,1-4H3/i5D,6D,7D,8D,9D,10D. The molecule has 0 amide bonds. The molecule has 0 bridgehead atoms. The van der Waals surface area contributed by atoms with Gasteiger partial charge in [0.15, 0.2) is 0 Å². The van der Waals surface area contributed by atoms with E-state index < -0.39 is 30.4 Å². The molecule has 0 aliphatic carbocycles. The number of hydrogen-bond donors (Lipinski definition) is 0. The van der Waals surface area contributed by atoms with E-state index in [-0.39, 0.29) is 40.7 Å². The van der Waals surface area contributed by atoms with E-state index in [1.165, 1.54) is 0 Å². The summed E-state index contributed by atoms with van der Waals surface area (Å²) < 4.78 is 59.9. The Bertz CT molecular complexity index is 886. The molecule has 2 heterocycles. The molecule has 0 N–H and O–H groups in total. The van der Waals surface area contributed by atoms with Crippen molar-refractivity contribution in [2.24, 2.45) is 0 Å². The number of aromatic nitrogens is 1. The van der Waals surface area contributed by atoms with Crippen LogP contribution in [0.5, 0.6) is 0 Å². The zero-order valence-electron chi connectivity index (χ0n) is 17.3. The summed E-state index contributed by atoms with van der Waals surface area (Å²) in [4.78, 5) is 4.01. The van der Waals surface area contributed by atoms with Gasteiger partial charge in [0.2, 0.25) is 0 Å². The molecular formula is C15H18BNO2. The van der Waals surface area contributed by atoms with Gasteiger partial charge in [-0.25, -0.2) is 0 Å². The molecule has 0 spiro atoms. The highest BCUT2D eigenvalue weighted by molar-refractivity contribution is 6.62. The molecule has 0 unspecified atom stereocenters. The van der Waals surface area contributed by atoms with Crippen LogP contribution in [0, 0.1) is 0 Å². The normalized spacial score (nSPS) is 25.4. The van der Waals surface area contributed by atoms with Gasteiger partial charge in [-0.05, 0) is 39.1 Å². The highest BCUT2D eigenvalue weighted by Gasteiger charge is 2.51. The number of nitrogens with zero attached hydrogens (tertiary/aromatic N) is 1. The van der Waals surface area contributed by atoms with Crippen molar-refractivity contribution in [3.63, 3.8) is 0 Å². The third-order valence-electron chi connectivity index (χ3n) is 3.70. The zero-order valence-corrected chi connectivity index (χ0v) is 11.3. The summed E-state index contributed by atoms with van der Waals surface area (Å²) in [6, 6.07) is -1.82. The molecule has 2 aromatic rings. The second-order valence-electron chi connectivity index (χ2n) is 5.57. The van der Waals surface area contributed by atoms with Crippen LogP contribution in [0.4, 0.5) is 0 Å². The highest BCUT2D eigenvalue weighted by atomic mass is 16.7. The predicted octanol–water partition coefficient (Wildman–Crippen LogP) is 2.53. The lowest BCUT2D eigenvalue weighted by Crippen LogP contribution is -2.41. The van der Waals surface area contributed by atoms with Crippen LogP contribution in [0.15, 0.2) is 36.4 Å². The fraction of sp³-hybridized carbons (Fsp3) is 0.400. The fourth-order valence-corrected chi connectivity index (χ4v) is 1.83. The van der Waals surface area contributed by atoms with Gasteiger partial charge in [0.1, 0.15) is 0 Å². The summed E-state index contributed by atoms with van der Waals surface area (Å²) in [7, 11) is -1.000. The van der Waals surface area contributed by atoms with Crippen molar-refractivity contribution in [3.8, 4) is 0 Å². The Labute approximate surface area is 122 Å². The van der Waals surface area contributed by atoms with Crippen LogP contribution in [0.1, 0.15) is 35.9 Å². The fourth-order valence-electron chi connectivity index (χ4n) is 1.83. The molecule has 0 atom stereocenters. The monoisotopic (exact) mass is 261 g/mol. The highest BCUT2D eigenvalue weighted by Crippen LogP contribution is 2.36. The van der Waals surface area contributed by atoms with Crippen LogP contribution in [0.2, 0.25) is 0 Å². The van der Waals surface area contributed by atoms with Crippen LogP contribution in [0.3, 0.4) is 0 Å². The Kier molecular flexibility index (Phi) is 1.58. The SMILES string of the molecule is [2H]c1nc2c([2H])c([2H])c([2H])c([2H])c2c([2H])c1B1OC(C)(C)C(C)(C)O1. The van der Waals surface area contributed by atoms with E-state index in [9.17, 15) is 0 Å². The molecule has 1 saturated heterocycles. The molecule has 1 fully saturated rings. The van der Waals surface area contributed by atoms with Gasteiger partial charge in [-0.3, -0.25) is 4.98 Å². The molecule has 1 aromatic heterocycles. The van der Waals surface area contributed by atoms with Crippen molar-refractivity contribution in [3.05, 3.63) is 36.4 Å². The minimum Gasteiger partial charge on any atom is -0.399 e. The number of para-hydroxylation sites is 1. The zero-order chi connectivity index (χ0) is 18.9. The first-order chi connectivity index (χ1) is 11.4. The first kappa shape index (κ1) is 7.41. The minimum atomic E-state index is -1.000. The van der Waals surface area contributed by atoms with Crippen LogP contribution in [-0.4, -0.2) is 23.3 Å². The summed E-state index contributed by atoms with van der Waals surface area (Å²) in [5.74, 6) is 0. The lowest BCUT2D eigenvalue weighted by molar-refractivity contribution is 0.00578. The van der Waals surface area contributed by atoms with Gasteiger partial charge in [0.05, 0.1) is 24.9 Å². The number of rotatable bonds is 1. The van der Waals surface area contributed by atoms with Crippen LogP contribution in [0.25, 0.3) is 10.9 Å². The summed E-state index contributed by atoms with van der Waals surface area (Å²) in [6.45, 7) is 7.39. The first-order valence-electron chi connectivity index (χ1n) is 9.12. The summed E-state index contributed by atoms with van der Waals surface area (Å²) in [5, 5.41) is -0.0355. The number of pyridine rings is 1. The third kappa shape index (κ3) is 2.05. The van der Waals surface area contributed by atoms with Gasteiger partial charge in [-0.2, -0.15) is 0 Å². The molecular weight excluding hydrogens is 237 g/mol. The topological polar surface area (TPSA) is 31.4 Å². The molecule has 3 rings (SSSR count). The van der Waals surface area contributed by atoms with Crippen molar-refractivity contribution in [2.45, 2.75) is 38.9 Å². The van der Waals surface area contributed by atoms with Crippen LogP contribution >= 0.6 is 0 Å². The Balaban J connectivity index is 2.29. The smallest absolute Gasteiger partial charge is 0.399 e. The van der Waals surface area contributed by atoms with Crippen LogP contribution in [-0.2, 0) is 9.31 Å². The molecule has 0 saturated carbocycles. The lowest BCUT2D eigenvalue weighted by Gasteiger charge is -2.32. The van der Waals surface area contributed by atoms with E-state index in [0.717, 1.165) is 0 Å². The Hall–Kier alpha value is -1.39. The van der Waals surface area contributed by atoms with E-state index in [1.807, 2.05) is 27.7 Å². The average molecular weight is 261 g/mol. The van der Waals surface area contributed by atoms with Crippen molar-refractivity contribution in [2.75, 3.05) is 0 Å². The number of benzene rings is 1. The van der Waals surface area contributed by atoms with Gasteiger partial charge < -0.3 is 9.31 Å². The largest absolute Gasteiger partial charge is 0.496 e. The van der Waals surface area contributed by atoms with E-state index in [1.54, 1.807) is 0 Å². The van der Waals surface area contributed by atoms with Gasteiger partial charge in [0.25, 0.3) is 0 Å². The van der Waals surface area contributed by atoms with E-state index in [4.69, 9.17) is 17.5 Å². The number of hydrogen-bond acceptors (Lipinski definition) is 3. The molecule has 1 aliphatic rings.